The smallest absolute Gasteiger partial charge is 0.341 e. The molecule has 7 heteroatoms. The van der Waals surface area contributed by atoms with Crippen LogP contribution in [0.3, 0.4) is 0 Å². The fourth-order valence-electron chi connectivity index (χ4n) is 2.66. The summed E-state index contributed by atoms with van der Waals surface area (Å²) in [4.78, 5) is 22.7. The Morgan fingerprint density at radius 2 is 2.12 bits per heavy atom. The maximum Gasteiger partial charge on any atom is 0.341 e. The van der Waals surface area contributed by atoms with E-state index in [1.165, 1.54) is 12.4 Å². The van der Waals surface area contributed by atoms with Gasteiger partial charge < -0.3 is 9.47 Å². The number of ether oxygens (including phenoxy) is 2. The molecule has 1 atom stereocenters. The molecule has 132 valence electrons. The minimum Gasteiger partial charge on any atom is -0.461 e. The van der Waals surface area contributed by atoms with Gasteiger partial charge in [0.2, 0.25) is 0 Å². The number of hydrogen-bond acceptors (Lipinski definition) is 6. The van der Waals surface area contributed by atoms with E-state index in [2.05, 4.69) is 14.9 Å². The first-order chi connectivity index (χ1) is 12.1. The lowest BCUT2D eigenvalue weighted by Gasteiger charge is -2.30. The molecule has 1 aromatic heterocycles. The van der Waals surface area contributed by atoms with Crippen LogP contribution < -0.4 is 0 Å². The molecule has 1 aliphatic rings. The first kappa shape index (κ1) is 17.8. The maximum absolute atomic E-state index is 12.1. The van der Waals surface area contributed by atoms with E-state index in [4.69, 9.17) is 21.1 Å². The van der Waals surface area contributed by atoms with Gasteiger partial charge in [-0.25, -0.2) is 14.8 Å². The summed E-state index contributed by atoms with van der Waals surface area (Å²) < 4.78 is 10.8. The van der Waals surface area contributed by atoms with Crippen LogP contribution in [0.2, 0.25) is 5.02 Å². The molecule has 2 heterocycles. The van der Waals surface area contributed by atoms with Gasteiger partial charge in [-0.15, -0.1) is 0 Å². The molecule has 2 aromatic rings. The largest absolute Gasteiger partial charge is 0.461 e. The molecule has 1 aromatic carbocycles. The van der Waals surface area contributed by atoms with Crippen molar-refractivity contribution in [2.75, 3.05) is 32.8 Å². The van der Waals surface area contributed by atoms with Gasteiger partial charge in [-0.2, -0.15) is 0 Å². The summed E-state index contributed by atoms with van der Waals surface area (Å²) in [5.41, 5.74) is 1.05. The van der Waals surface area contributed by atoms with Crippen molar-refractivity contribution in [3.05, 3.63) is 47.2 Å². The lowest BCUT2D eigenvalue weighted by molar-refractivity contribution is -0.0246. The van der Waals surface area contributed by atoms with Gasteiger partial charge in [0.1, 0.15) is 6.61 Å². The van der Waals surface area contributed by atoms with Crippen molar-refractivity contribution in [3.8, 4) is 11.4 Å². The van der Waals surface area contributed by atoms with Gasteiger partial charge in [-0.3, -0.25) is 4.90 Å². The van der Waals surface area contributed by atoms with E-state index < -0.39 is 5.97 Å². The van der Waals surface area contributed by atoms with Crippen molar-refractivity contribution >= 4 is 17.6 Å². The molecule has 0 spiro atoms. The Bertz CT molecular complexity index is 724. The van der Waals surface area contributed by atoms with Crippen LogP contribution in [0.15, 0.2) is 36.7 Å². The summed E-state index contributed by atoms with van der Waals surface area (Å²) in [7, 11) is 0. The van der Waals surface area contributed by atoms with E-state index in [-0.39, 0.29) is 6.10 Å². The van der Waals surface area contributed by atoms with Crippen molar-refractivity contribution in [2.24, 2.45) is 0 Å². The minimum absolute atomic E-state index is 0.218. The van der Waals surface area contributed by atoms with E-state index in [1.807, 2.05) is 25.1 Å². The molecule has 0 radical (unpaired) electrons. The first-order valence-corrected chi connectivity index (χ1v) is 8.59. The Labute approximate surface area is 151 Å². The monoisotopic (exact) mass is 361 g/mol. The number of esters is 1. The van der Waals surface area contributed by atoms with Crippen LogP contribution in [-0.2, 0) is 9.47 Å². The van der Waals surface area contributed by atoms with Crippen LogP contribution in [0.25, 0.3) is 11.4 Å². The van der Waals surface area contributed by atoms with Crippen molar-refractivity contribution in [1.29, 1.82) is 0 Å². The first-order valence-electron chi connectivity index (χ1n) is 8.21. The molecule has 1 saturated heterocycles. The highest BCUT2D eigenvalue weighted by molar-refractivity contribution is 6.33. The van der Waals surface area contributed by atoms with Crippen LogP contribution in [-0.4, -0.2) is 59.8 Å². The number of morpholine rings is 1. The highest BCUT2D eigenvalue weighted by Crippen LogP contribution is 2.24. The van der Waals surface area contributed by atoms with Gasteiger partial charge in [-0.05, 0) is 19.1 Å². The Kier molecular flexibility index (Phi) is 5.96. The second-order valence-corrected chi connectivity index (χ2v) is 6.30. The molecule has 3 rings (SSSR count). The molecule has 0 saturated carbocycles. The number of carbonyl (C=O) groups is 1. The summed E-state index contributed by atoms with van der Waals surface area (Å²) in [5, 5.41) is 0.567. The second-order valence-electron chi connectivity index (χ2n) is 5.89. The molecule has 0 N–H and O–H groups in total. The number of halogens is 1. The third-order valence-electron chi connectivity index (χ3n) is 3.97. The van der Waals surface area contributed by atoms with Crippen LogP contribution in [0, 0.1) is 0 Å². The molecule has 6 nitrogen and oxygen atoms in total. The van der Waals surface area contributed by atoms with Gasteiger partial charge in [0.15, 0.2) is 5.82 Å². The van der Waals surface area contributed by atoms with Crippen LogP contribution in [0.5, 0.6) is 0 Å². The third kappa shape index (κ3) is 4.75. The molecule has 0 amide bonds. The Morgan fingerprint density at radius 1 is 1.36 bits per heavy atom. The predicted molar refractivity (Wildman–Crippen MR) is 94.6 cm³/mol. The van der Waals surface area contributed by atoms with Crippen LogP contribution in [0.4, 0.5) is 0 Å². The highest BCUT2D eigenvalue weighted by atomic mass is 35.5. The van der Waals surface area contributed by atoms with E-state index in [0.29, 0.717) is 36.2 Å². The minimum atomic E-state index is -0.424. The summed E-state index contributed by atoms with van der Waals surface area (Å²) in [6.07, 6.45) is 3.14. The molecule has 1 fully saturated rings. The molecule has 0 aliphatic carbocycles. The Balaban J connectivity index is 1.53. The van der Waals surface area contributed by atoms with Crippen molar-refractivity contribution < 1.29 is 14.3 Å². The van der Waals surface area contributed by atoms with Gasteiger partial charge in [0.05, 0.1) is 23.3 Å². The maximum atomic E-state index is 12.1. The zero-order valence-corrected chi connectivity index (χ0v) is 14.8. The van der Waals surface area contributed by atoms with Crippen molar-refractivity contribution in [1.82, 2.24) is 14.9 Å². The zero-order chi connectivity index (χ0) is 17.6. The molecular weight excluding hydrogens is 342 g/mol. The van der Waals surface area contributed by atoms with E-state index in [9.17, 15) is 4.79 Å². The van der Waals surface area contributed by atoms with Crippen molar-refractivity contribution in [2.45, 2.75) is 13.0 Å². The normalized spacial score (nSPS) is 18.1. The lowest BCUT2D eigenvalue weighted by Crippen LogP contribution is -2.42. The second kappa shape index (κ2) is 8.38. The standard InChI is InChI=1S/C18H20ClN3O3/c1-13-12-22(6-8-24-13)7-9-25-18(23)14-10-20-17(21-11-14)15-4-2-3-5-16(15)19/h2-5,10-11,13H,6-9,12H2,1H3. The number of benzene rings is 1. The number of rotatable bonds is 5. The Hall–Kier alpha value is -2.02. The summed E-state index contributed by atoms with van der Waals surface area (Å²) in [5.74, 6) is 0.0523. The SMILES string of the molecule is CC1CN(CCOC(=O)c2cnc(-c3ccccc3Cl)nc2)CCO1. The molecular formula is C18H20ClN3O3. The average molecular weight is 362 g/mol. The summed E-state index contributed by atoms with van der Waals surface area (Å²) in [6.45, 7) is 5.49. The van der Waals surface area contributed by atoms with E-state index in [0.717, 1.165) is 18.7 Å². The van der Waals surface area contributed by atoms with Crippen molar-refractivity contribution in [3.63, 3.8) is 0 Å². The van der Waals surface area contributed by atoms with Gasteiger partial charge in [-0.1, -0.05) is 23.7 Å². The fourth-order valence-corrected chi connectivity index (χ4v) is 2.88. The third-order valence-corrected chi connectivity index (χ3v) is 4.30. The molecule has 0 bridgehead atoms. The lowest BCUT2D eigenvalue weighted by atomic mass is 10.2. The van der Waals surface area contributed by atoms with Crippen LogP contribution in [0.1, 0.15) is 17.3 Å². The fraction of sp³-hybridized carbons (Fsp3) is 0.389. The molecule has 1 aliphatic heterocycles. The molecule has 25 heavy (non-hydrogen) atoms. The van der Waals surface area contributed by atoms with Gasteiger partial charge in [0, 0.05) is 37.6 Å². The van der Waals surface area contributed by atoms with Gasteiger partial charge in [0.25, 0.3) is 0 Å². The number of hydrogen-bond donors (Lipinski definition) is 0. The number of carbonyl (C=O) groups excluding carboxylic acids is 1. The van der Waals surface area contributed by atoms with E-state index >= 15 is 0 Å². The Morgan fingerprint density at radius 3 is 2.84 bits per heavy atom. The zero-order valence-electron chi connectivity index (χ0n) is 14.0. The van der Waals surface area contributed by atoms with Crippen LogP contribution >= 0.6 is 11.6 Å². The summed E-state index contributed by atoms with van der Waals surface area (Å²) in [6, 6.07) is 7.31. The predicted octanol–water partition coefficient (Wildman–Crippen LogP) is 2.67. The highest BCUT2D eigenvalue weighted by Gasteiger charge is 2.17. The number of aromatic nitrogens is 2. The average Bonchev–Trinajstić information content (AvgIpc) is 2.62. The van der Waals surface area contributed by atoms with Gasteiger partial charge >= 0.3 is 5.97 Å². The van der Waals surface area contributed by atoms with E-state index in [1.54, 1.807) is 6.07 Å². The molecule has 1 unspecified atom stereocenters. The summed E-state index contributed by atoms with van der Waals surface area (Å²) >= 11 is 6.13. The topological polar surface area (TPSA) is 64.5 Å². The number of nitrogens with zero attached hydrogens (tertiary/aromatic N) is 3. The quantitative estimate of drug-likeness (QED) is 0.763.